The first-order chi connectivity index (χ1) is 7.34. The van der Waals surface area contributed by atoms with Gasteiger partial charge in [-0.2, -0.15) is 0 Å². The number of carbonyl (C=O) groups excluding carboxylic acids is 1. The molecule has 86 valence electrons. The second-order valence-electron chi connectivity index (χ2n) is 4.15. The lowest BCUT2D eigenvalue weighted by Gasteiger charge is -2.15. The lowest BCUT2D eigenvalue weighted by Crippen LogP contribution is -2.45. The zero-order valence-corrected chi connectivity index (χ0v) is 8.92. The number of carbonyl (C=O) groups is 1. The van der Waals surface area contributed by atoms with E-state index in [-0.39, 0.29) is 12.3 Å². The van der Waals surface area contributed by atoms with E-state index in [1.165, 1.54) is 6.42 Å². The molecule has 0 spiro atoms. The van der Waals surface area contributed by atoms with Crippen molar-refractivity contribution in [2.24, 2.45) is 0 Å². The molecule has 0 saturated carbocycles. The highest BCUT2D eigenvalue weighted by Crippen LogP contribution is 2.08. The Balaban J connectivity index is 1.59. The number of nitrogens with one attached hydrogen (secondary N) is 3. The highest BCUT2D eigenvalue weighted by atomic mass is 16.5. The third-order valence-electron chi connectivity index (χ3n) is 2.89. The van der Waals surface area contributed by atoms with Crippen LogP contribution in [0.15, 0.2) is 0 Å². The van der Waals surface area contributed by atoms with Crippen LogP contribution >= 0.6 is 0 Å². The van der Waals surface area contributed by atoms with Crippen LogP contribution < -0.4 is 16.0 Å². The molecule has 0 aliphatic carbocycles. The normalized spacial score (nSPS) is 30.4. The lowest BCUT2D eigenvalue weighted by atomic mass is 10.2. The predicted octanol–water partition coefficient (Wildman–Crippen LogP) is 0.174. The molecule has 2 amide bonds. The molecule has 2 unspecified atom stereocenters. The summed E-state index contributed by atoms with van der Waals surface area (Å²) in [7, 11) is 0. The largest absolute Gasteiger partial charge is 0.358 e. The average Bonchev–Trinajstić information content (AvgIpc) is 2.86. The van der Waals surface area contributed by atoms with Crippen LogP contribution in [0.1, 0.15) is 25.7 Å². The molecule has 2 aliphatic heterocycles. The third-order valence-corrected chi connectivity index (χ3v) is 2.89. The maximum atomic E-state index is 11.4. The molecule has 2 atom stereocenters. The predicted molar refractivity (Wildman–Crippen MR) is 56.5 cm³/mol. The molecular formula is C10H19N3O2. The number of hydrogen-bond donors (Lipinski definition) is 3. The number of urea groups is 1. The maximum Gasteiger partial charge on any atom is 0.316 e. The molecule has 2 rings (SSSR count). The standard InChI is InChI=1S/C10H19N3O2/c14-10(13-9-4-2-6-15-9)12-7-8-3-1-5-11-8/h8-9,11H,1-7H2,(H2,12,13,14). The number of ether oxygens (including phenoxy) is 1. The van der Waals surface area contributed by atoms with E-state index in [1.807, 2.05) is 0 Å². The quantitative estimate of drug-likeness (QED) is 0.626. The van der Waals surface area contributed by atoms with E-state index in [9.17, 15) is 4.79 Å². The molecule has 2 saturated heterocycles. The molecule has 2 aliphatic rings. The van der Waals surface area contributed by atoms with Gasteiger partial charge < -0.3 is 20.7 Å². The van der Waals surface area contributed by atoms with E-state index >= 15 is 0 Å². The van der Waals surface area contributed by atoms with Gasteiger partial charge in [-0.1, -0.05) is 0 Å². The fourth-order valence-corrected chi connectivity index (χ4v) is 2.04. The topological polar surface area (TPSA) is 62.4 Å². The van der Waals surface area contributed by atoms with Crippen molar-refractivity contribution in [1.29, 1.82) is 0 Å². The first-order valence-electron chi connectivity index (χ1n) is 5.74. The molecule has 0 aromatic rings. The summed E-state index contributed by atoms with van der Waals surface area (Å²) in [5.74, 6) is 0. The van der Waals surface area contributed by atoms with E-state index in [1.54, 1.807) is 0 Å². The van der Waals surface area contributed by atoms with Gasteiger partial charge in [0.05, 0.1) is 0 Å². The summed E-state index contributed by atoms with van der Waals surface area (Å²) in [4.78, 5) is 11.4. The van der Waals surface area contributed by atoms with Crippen molar-refractivity contribution in [3.8, 4) is 0 Å². The van der Waals surface area contributed by atoms with Crippen molar-refractivity contribution in [1.82, 2.24) is 16.0 Å². The van der Waals surface area contributed by atoms with Crippen molar-refractivity contribution >= 4 is 6.03 Å². The summed E-state index contributed by atoms with van der Waals surface area (Å²) < 4.78 is 5.31. The molecule has 15 heavy (non-hydrogen) atoms. The van der Waals surface area contributed by atoms with Crippen molar-refractivity contribution in [3.05, 3.63) is 0 Å². The SMILES string of the molecule is O=C(NCC1CCCN1)NC1CCCO1. The minimum absolute atomic E-state index is 0.0819. The number of hydrogen-bond acceptors (Lipinski definition) is 3. The van der Waals surface area contributed by atoms with Gasteiger partial charge in [-0.15, -0.1) is 0 Å². The van der Waals surface area contributed by atoms with Crippen molar-refractivity contribution in [2.45, 2.75) is 38.0 Å². The zero-order valence-electron chi connectivity index (χ0n) is 8.92. The Hall–Kier alpha value is -0.810. The van der Waals surface area contributed by atoms with Crippen LogP contribution in [-0.4, -0.2) is 38.0 Å². The number of rotatable bonds is 3. The van der Waals surface area contributed by atoms with Gasteiger partial charge in [-0.25, -0.2) is 4.79 Å². The molecule has 0 aromatic carbocycles. The summed E-state index contributed by atoms with van der Waals surface area (Å²) in [6, 6.07) is 0.329. The second-order valence-corrected chi connectivity index (χ2v) is 4.15. The van der Waals surface area contributed by atoms with E-state index in [0.29, 0.717) is 12.6 Å². The molecule has 2 heterocycles. The van der Waals surface area contributed by atoms with Gasteiger partial charge in [0, 0.05) is 19.2 Å². The molecule has 2 fully saturated rings. The molecule has 3 N–H and O–H groups in total. The first kappa shape index (κ1) is 10.7. The minimum atomic E-state index is -0.115. The Labute approximate surface area is 89.9 Å². The highest BCUT2D eigenvalue weighted by Gasteiger charge is 2.19. The zero-order chi connectivity index (χ0) is 10.5. The first-order valence-corrected chi connectivity index (χ1v) is 5.74. The average molecular weight is 213 g/mol. The van der Waals surface area contributed by atoms with Crippen molar-refractivity contribution in [3.63, 3.8) is 0 Å². The molecule has 0 bridgehead atoms. The Morgan fingerprint density at radius 3 is 3.00 bits per heavy atom. The summed E-state index contributed by atoms with van der Waals surface area (Å²) in [6.07, 6.45) is 4.24. The Bertz CT molecular complexity index is 211. The monoisotopic (exact) mass is 213 g/mol. The Kier molecular flexibility index (Phi) is 3.80. The van der Waals surface area contributed by atoms with Gasteiger partial charge >= 0.3 is 6.03 Å². The molecule has 5 nitrogen and oxygen atoms in total. The van der Waals surface area contributed by atoms with Gasteiger partial charge in [0.25, 0.3) is 0 Å². The molecular weight excluding hydrogens is 194 g/mol. The van der Waals surface area contributed by atoms with Gasteiger partial charge in [0.1, 0.15) is 6.23 Å². The lowest BCUT2D eigenvalue weighted by molar-refractivity contribution is 0.0906. The molecule has 0 aromatic heterocycles. The molecule has 0 radical (unpaired) electrons. The fraction of sp³-hybridized carbons (Fsp3) is 0.900. The third kappa shape index (κ3) is 3.35. The summed E-state index contributed by atoms with van der Waals surface area (Å²) in [6.45, 7) is 2.54. The maximum absolute atomic E-state index is 11.4. The highest BCUT2D eigenvalue weighted by molar-refractivity contribution is 5.74. The van der Waals surface area contributed by atoms with Crippen LogP contribution in [0.2, 0.25) is 0 Å². The van der Waals surface area contributed by atoms with Crippen LogP contribution in [0.4, 0.5) is 4.79 Å². The number of amides is 2. The van der Waals surface area contributed by atoms with Crippen LogP contribution in [0.25, 0.3) is 0 Å². The van der Waals surface area contributed by atoms with Crippen LogP contribution in [0.3, 0.4) is 0 Å². The van der Waals surface area contributed by atoms with Crippen LogP contribution in [0, 0.1) is 0 Å². The summed E-state index contributed by atoms with van der Waals surface area (Å²) in [5, 5.41) is 8.99. The second kappa shape index (κ2) is 5.32. The van der Waals surface area contributed by atoms with E-state index in [2.05, 4.69) is 16.0 Å². The van der Waals surface area contributed by atoms with Crippen molar-refractivity contribution in [2.75, 3.05) is 19.7 Å². The van der Waals surface area contributed by atoms with Gasteiger partial charge in [-0.05, 0) is 32.2 Å². The van der Waals surface area contributed by atoms with Gasteiger partial charge in [0.2, 0.25) is 0 Å². The van der Waals surface area contributed by atoms with E-state index < -0.39 is 0 Å². The smallest absolute Gasteiger partial charge is 0.316 e. The van der Waals surface area contributed by atoms with E-state index in [4.69, 9.17) is 4.74 Å². The summed E-state index contributed by atoms with van der Waals surface area (Å²) >= 11 is 0. The molecule has 5 heteroatoms. The van der Waals surface area contributed by atoms with E-state index in [0.717, 1.165) is 32.4 Å². The van der Waals surface area contributed by atoms with Crippen LogP contribution in [0.5, 0.6) is 0 Å². The Morgan fingerprint density at radius 1 is 1.40 bits per heavy atom. The van der Waals surface area contributed by atoms with Gasteiger partial charge in [0.15, 0.2) is 0 Å². The Morgan fingerprint density at radius 2 is 2.33 bits per heavy atom. The summed E-state index contributed by atoms with van der Waals surface area (Å²) in [5.41, 5.74) is 0. The fourth-order valence-electron chi connectivity index (χ4n) is 2.04. The van der Waals surface area contributed by atoms with Gasteiger partial charge in [-0.3, -0.25) is 0 Å². The van der Waals surface area contributed by atoms with Crippen molar-refractivity contribution < 1.29 is 9.53 Å². The van der Waals surface area contributed by atoms with Crippen LogP contribution in [-0.2, 0) is 4.74 Å². The minimum Gasteiger partial charge on any atom is -0.358 e.